The van der Waals surface area contributed by atoms with Crippen molar-refractivity contribution in [2.24, 2.45) is 0 Å². The van der Waals surface area contributed by atoms with Gasteiger partial charge in [0.25, 0.3) is 0 Å². The first-order valence-corrected chi connectivity index (χ1v) is 8.18. The topological polar surface area (TPSA) is 28.2 Å². The molecule has 1 N–H and O–H groups in total. The number of nitrogens with zero attached hydrogens (tertiary/aromatic N) is 2. The molecule has 1 aromatic heterocycles. The van der Waals surface area contributed by atoms with Crippen LogP contribution in [0.3, 0.4) is 0 Å². The molecule has 0 unspecified atom stereocenters. The molecule has 1 aliphatic rings. The van der Waals surface area contributed by atoms with E-state index in [1.165, 1.54) is 29.5 Å². The number of benzene rings is 1. The number of hydrogen-bond acceptors (Lipinski definition) is 3. The van der Waals surface area contributed by atoms with E-state index in [-0.39, 0.29) is 0 Å². The molecule has 1 fully saturated rings. The number of pyridine rings is 1. The molecule has 116 valence electrons. The number of rotatable bonds is 4. The normalized spacial score (nSPS) is 16.0. The molecular weight excluding hydrogens is 270 g/mol. The first kappa shape index (κ1) is 15.0. The summed E-state index contributed by atoms with van der Waals surface area (Å²) >= 11 is 0. The smallest absolute Gasteiger partial charge is 0.128 e. The molecule has 0 bridgehead atoms. The van der Waals surface area contributed by atoms with Crippen LogP contribution in [0.2, 0.25) is 0 Å². The van der Waals surface area contributed by atoms with Gasteiger partial charge in [-0.15, -0.1) is 0 Å². The van der Waals surface area contributed by atoms with Gasteiger partial charge in [0.15, 0.2) is 0 Å². The lowest BCUT2D eigenvalue weighted by Gasteiger charge is -2.33. The van der Waals surface area contributed by atoms with Crippen LogP contribution < -0.4 is 10.2 Å². The Kier molecular flexibility index (Phi) is 4.74. The van der Waals surface area contributed by atoms with Gasteiger partial charge in [0.1, 0.15) is 5.82 Å². The highest BCUT2D eigenvalue weighted by Gasteiger charge is 2.19. The van der Waals surface area contributed by atoms with Crippen molar-refractivity contribution in [3.8, 4) is 0 Å². The molecule has 1 saturated heterocycles. The Balaban J connectivity index is 1.50. The second-order valence-electron chi connectivity index (χ2n) is 6.26. The average Bonchev–Trinajstić information content (AvgIpc) is 2.55. The van der Waals surface area contributed by atoms with E-state index in [1.807, 2.05) is 12.3 Å². The van der Waals surface area contributed by atoms with Crippen molar-refractivity contribution in [2.75, 3.05) is 18.0 Å². The highest BCUT2D eigenvalue weighted by molar-refractivity contribution is 5.38. The van der Waals surface area contributed by atoms with Crippen LogP contribution in [0.5, 0.6) is 0 Å². The van der Waals surface area contributed by atoms with Crippen molar-refractivity contribution in [3.05, 3.63) is 59.3 Å². The molecule has 2 heterocycles. The third kappa shape index (κ3) is 3.66. The third-order valence-corrected chi connectivity index (χ3v) is 4.55. The molecule has 0 saturated carbocycles. The van der Waals surface area contributed by atoms with Gasteiger partial charge >= 0.3 is 0 Å². The fourth-order valence-electron chi connectivity index (χ4n) is 3.15. The van der Waals surface area contributed by atoms with Gasteiger partial charge in [-0.1, -0.05) is 29.8 Å². The minimum Gasteiger partial charge on any atom is -0.357 e. The van der Waals surface area contributed by atoms with Crippen LogP contribution in [-0.2, 0) is 6.54 Å². The maximum atomic E-state index is 4.45. The SMILES string of the molecule is Cc1ccc(CNC2CCN(c3ccccn3)CC2)c(C)c1. The summed E-state index contributed by atoms with van der Waals surface area (Å²) in [5.74, 6) is 1.11. The van der Waals surface area contributed by atoms with Crippen molar-refractivity contribution < 1.29 is 0 Å². The lowest BCUT2D eigenvalue weighted by molar-refractivity contribution is 0.412. The molecule has 0 radical (unpaired) electrons. The number of aryl methyl sites for hydroxylation is 2. The van der Waals surface area contributed by atoms with Crippen LogP contribution >= 0.6 is 0 Å². The van der Waals surface area contributed by atoms with E-state index in [1.54, 1.807) is 0 Å². The van der Waals surface area contributed by atoms with E-state index < -0.39 is 0 Å². The van der Waals surface area contributed by atoms with E-state index in [0.717, 1.165) is 25.5 Å². The summed E-state index contributed by atoms with van der Waals surface area (Å²) in [6.45, 7) is 7.49. The van der Waals surface area contributed by atoms with Gasteiger partial charge in [0, 0.05) is 31.9 Å². The summed E-state index contributed by atoms with van der Waals surface area (Å²) in [6.07, 6.45) is 4.24. The Labute approximate surface area is 133 Å². The van der Waals surface area contributed by atoms with Crippen LogP contribution in [0.15, 0.2) is 42.6 Å². The molecule has 3 nitrogen and oxygen atoms in total. The summed E-state index contributed by atoms with van der Waals surface area (Å²) in [7, 11) is 0. The second-order valence-corrected chi connectivity index (χ2v) is 6.26. The van der Waals surface area contributed by atoms with Crippen molar-refractivity contribution in [1.29, 1.82) is 0 Å². The molecule has 0 spiro atoms. The zero-order valence-electron chi connectivity index (χ0n) is 13.5. The molecule has 3 rings (SSSR count). The van der Waals surface area contributed by atoms with Gasteiger partial charge in [0.2, 0.25) is 0 Å². The molecule has 3 heteroatoms. The zero-order chi connectivity index (χ0) is 15.4. The monoisotopic (exact) mass is 295 g/mol. The Bertz CT molecular complexity index is 601. The maximum Gasteiger partial charge on any atom is 0.128 e. The molecule has 0 aliphatic carbocycles. The average molecular weight is 295 g/mol. The van der Waals surface area contributed by atoms with Crippen LogP contribution in [0.25, 0.3) is 0 Å². The predicted molar refractivity (Wildman–Crippen MR) is 92.2 cm³/mol. The van der Waals surface area contributed by atoms with Crippen molar-refractivity contribution in [1.82, 2.24) is 10.3 Å². The molecule has 1 aromatic carbocycles. The van der Waals surface area contributed by atoms with Crippen molar-refractivity contribution in [3.63, 3.8) is 0 Å². The fourth-order valence-corrected chi connectivity index (χ4v) is 3.15. The molecule has 0 amide bonds. The van der Waals surface area contributed by atoms with Crippen LogP contribution in [0.1, 0.15) is 29.5 Å². The summed E-state index contributed by atoms with van der Waals surface area (Å²) in [5.41, 5.74) is 4.14. The quantitative estimate of drug-likeness (QED) is 0.936. The molecule has 22 heavy (non-hydrogen) atoms. The van der Waals surface area contributed by atoms with Gasteiger partial charge in [0.05, 0.1) is 0 Å². The Morgan fingerprint density at radius 1 is 1.14 bits per heavy atom. The second kappa shape index (κ2) is 6.93. The van der Waals surface area contributed by atoms with E-state index in [2.05, 4.69) is 59.4 Å². The fraction of sp³-hybridized carbons (Fsp3) is 0.421. The number of nitrogens with one attached hydrogen (secondary N) is 1. The molecule has 1 aliphatic heterocycles. The van der Waals surface area contributed by atoms with Crippen LogP contribution in [0, 0.1) is 13.8 Å². The molecule has 0 atom stereocenters. The number of piperidine rings is 1. The van der Waals surface area contributed by atoms with Crippen LogP contribution in [-0.4, -0.2) is 24.1 Å². The van der Waals surface area contributed by atoms with Crippen molar-refractivity contribution in [2.45, 2.75) is 39.3 Å². The standard InChI is InChI=1S/C19H25N3/c1-15-6-7-17(16(2)13-15)14-21-18-8-11-22(12-9-18)19-5-3-4-10-20-19/h3-7,10,13,18,21H,8-9,11-12,14H2,1-2H3. The minimum atomic E-state index is 0.612. The highest BCUT2D eigenvalue weighted by atomic mass is 15.2. The minimum absolute atomic E-state index is 0.612. The lowest BCUT2D eigenvalue weighted by Crippen LogP contribution is -2.42. The zero-order valence-corrected chi connectivity index (χ0v) is 13.5. The van der Waals surface area contributed by atoms with E-state index in [0.29, 0.717) is 6.04 Å². The highest BCUT2D eigenvalue weighted by Crippen LogP contribution is 2.18. The number of aromatic nitrogens is 1. The van der Waals surface area contributed by atoms with Gasteiger partial charge in [-0.05, 0) is 49.9 Å². The van der Waals surface area contributed by atoms with Gasteiger partial charge in [-0.25, -0.2) is 4.98 Å². The van der Waals surface area contributed by atoms with Crippen molar-refractivity contribution >= 4 is 5.82 Å². The first-order valence-electron chi connectivity index (χ1n) is 8.18. The largest absolute Gasteiger partial charge is 0.357 e. The lowest BCUT2D eigenvalue weighted by atomic mass is 10.0. The molecular formula is C19H25N3. The van der Waals surface area contributed by atoms with E-state index >= 15 is 0 Å². The van der Waals surface area contributed by atoms with E-state index in [9.17, 15) is 0 Å². The Morgan fingerprint density at radius 2 is 1.95 bits per heavy atom. The summed E-state index contributed by atoms with van der Waals surface area (Å²) in [6, 6.07) is 13.5. The Morgan fingerprint density at radius 3 is 2.64 bits per heavy atom. The van der Waals surface area contributed by atoms with Gasteiger partial charge in [-0.2, -0.15) is 0 Å². The number of hydrogen-bond donors (Lipinski definition) is 1. The number of anilines is 1. The maximum absolute atomic E-state index is 4.45. The molecule has 2 aromatic rings. The summed E-state index contributed by atoms with van der Waals surface area (Å²) < 4.78 is 0. The predicted octanol–water partition coefficient (Wildman–Crippen LogP) is 3.46. The van der Waals surface area contributed by atoms with E-state index in [4.69, 9.17) is 0 Å². The van der Waals surface area contributed by atoms with Crippen LogP contribution in [0.4, 0.5) is 5.82 Å². The third-order valence-electron chi connectivity index (χ3n) is 4.55. The summed E-state index contributed by atoms with van der Waals surface area (Å²) in [4.78, 5) is 6.83. The Hall–Kier alpha value is -1.87. The first-order chi connectivity index (χ1) is 10.7. The van der Waals surface area contributed by atoms with Gasteiger partial charge < -0.3 is 10.2 Å². The van der Waals surface area contributed by atoms with Gasteiger partial charge in [-0.3, -0.25) is 0 Å². The summed E-state index contributed by atoms with van der Waals surface area (Å²) in [5, 5.41) is 3.72.